The van der Waals surface area contributed by atoms with Crippen LogP contribution in [0.4, 0.5) is 5.00 Å². The van der Waals surface area contributed by atoms with Gasteiger partial charge in [-0.05, 0) is 48.8 Å². The van der Waals surface area contributed by atoms with Gasteiger partial charge in [-0.15, -0.1) is 17.9 Å². The third-order valence-electron chi connectivity index (χ3n) is 4.57. The minimum Gasteiger partial charge on any atom is -0.483 e. The summed E-state index contributed by atoms with van der Waals surface area (Å²) in [4.78, 5) is 13.6. The lowest BCUT2D eigenvalue weighted by Crippen LogP contribution is -2.20. The number of carbonyl (C=O) groups is 1. The molecule has 1 aromatic heterocycles. The van der Waals surface area contributed by atoms with E-state index in [-0.39, 0.29) is 12.5 Å². The first-order valence-corrected chi connectivity index (χ1v) is 9.60. The molecule has 0 bridgehead atoms. The smallest absolute Gasteiger partial charge is 0.262 e. The molecule has 1 atom stereocenters. The van der Waals surface area contributed by atoms with Gasteiger partial charge in [-0.2, -0.15) is 5.26 Å². The molecule has 3 rings (SSSR count). The van der Waals surface area contributed by atoms with Crippen molar-refractivity contribution < 1.29 is 9.53 Å². The minimum absolute atomic E-state index is 0.0853. The van der Waals surface area contributed by atoms with E-state index in [2.05, 4.69) is 24.9 Å². The summed E-state index contributed by atoms with van der Waals surface area (Å²) in [6, 6.07) is 9.88. The Labute approximate surface area is 158 Å². The number of para-hydroxylation sites is 1. The number of anilines is 1. The summed E-state index contributed by atoms with van der Waals surface area (Å²) in [6.07, 6.45) is 5.48. The highest BCUT2D eigenvalue weighted by molar-refractivity contribution is 7.16. The van der Waals surface area contributed by atoms with E-state index >= 15 is 0 Å². The number of fused-ring (bicyclic) bond motifs is 1. The van der Waals surface area contributed by atoms with E-state index in [0.29, 0.717) is 28.7 Å². The molecule has 0 saturated carbocycles. The average Bonchev–Trinajstić information content (AvgIpc) is 2.97. The van der Waals surface area contributed by atoms with Crippen LogP contribution in [0.5, 0.6) is 5.75 Å². The van der Waals surface area contributed by atoms with Gasteiger partial charge in [0.1, 0.15) is 16.8 Å². The van der Waals surface area contributed by atoms with Gasteiger partial charge < -0.3 is 10.1 Å². The van der Waals surface area contributed by atoms with Gasteiger partial charge in [-0.25, -0.2) is 0 Å². The molecule has 1 N–H and O–H groups in total. The number of ether oxygens (including phenoxy) is 1. The molecule has 1 unspecified atom stereocenters. The molecular formula is C21H22N2O2S. The predicted octanol–water partition coefficient (Wildman–Crippen LogP) is 4.49. The Bertz CT molecular complexity index is 863. The number of nitrogens with zero attached hydrogens (tertiary/aromatic N) is 1. The molecule has 0 aliphatic heterocycles. The van der Waals surface area contributed by atoms with Gasteiger partial charge in [-0.3, -0.25) is 4.79 Å². The molecule has 134 valence electrons. The standard InChI is InChI=1S/C21H22N2O2S/c1-3-6-15-7-4-5-8-18(15)25-13-20(24)23-21-17(12-22)16-10-9-14(2)11-19(16)26-21/h3-5,7-8,14H,1,6,9-11,13H2,2H3,(H,23,24). The number of allylic oxidation sites excluding steroid dienone is 1. The molecule has 4 nitrogen and oxygen atoms in total. The summed E-state index contributed by atoms with van der Waals surface area (Å²) in [7, 11) is 0. The van der Waals surface area contributed by atoms with E-state index in [1.807, 2.05) is 24.3 Å². The predicted molar refractivity (Wildman–Crippen MR) is 105 cm³/mol. The minimum atomic E-state index is -0.249. The van der Waals surface area contributed by atoms with Crippen molar-refractivity contribution in [2.45, 2.75) is 32.6 Å². The summed E-state index contributed by atoms with van der Waals surface area (Å²) >= 11 is 1.53. The lowest BCUT2D eigenvalue weighted by atomic mass is 9.89. The van der Waals surface area contributed by atoms with E-state index in [1.165, 1.54) is 16.2 Å². The zero-order valence-electron chi connectivity index (χ0n) is 14.9. The highest BCUT2D eigenvalue weighted by Crippen LogP contribution is 2.39. The molecule has 0 radical (unpaired) electrons. The number of rotatable bonds is 6. The number of hydrogen-bond donors (Lipinski definition) is 1. The fraction of sp³-hybridized carbons (Fsp3) is 0.333. The molecule has 5 heteroatoms. The van der Waals surface area contributed by atoms with Gasteiger partial charge >= 0.3 is 0 Å². The van der Waals surface area contributed by atoms with Gasteiger partial charge in [0.2, 0.25) is 0 Å². The van der Waals surface area contributed by atoms with Crippen LogP contribution in [0.1, 0.15) is 34.9 Å². The van der Waals surface area contributed by atoms with E-state index < -0.39 is 0 Å². The SMILES string of the molecule is C=CCc1ccccc1OCC(=O)Nc1sc2c(c1C#N)CCC(C)C2. The Hall–Kier alpha value is -2.58. The van der Waals surface area contributed by atoms with Gasteiger partial charge in [0, 0.05) is 4.88 Å². The first kappa shape index (κ1) is 18.2. The zero-order valence-corrected chi connectivity index (χ0v) is 15.7. The van der Waals surface area contributed by atoms with Crippen LogP contribution in [0, 0.1) is 17.2 Å². The van der Waals surface area contributed by atoms with Crippen LogP contribution in [-0.4, -0.2) is 12.5 Å². The van der Waals surface area contributed by atoms with E-state index in [0.717, 1.165) is 30.4 Å². The molecular weight excluding hydrogens is 344 g/mol. The summed E-state index contributed by atoms with van der Waals surface area (Å²) < 4.78 is 5.68. The Morgan fingerprint density at radius 1 is 1.50 bits per heavy atom. The quantitative estimate of drug-likeness (QED) is 0.766. The molecule has 1 heterocycles. The Morgan fingerprint density at radius 2 is 2.31 bits per heavy atom. The number of benzene rings is 1. The van der Waals surface area contributed by atoms with Crippen molar-refractivity contribution in [1.29, 1.82) is 5.26 Å². The summed E-state index contributed by atoms with van der Waals surface area (Å²) in [5, 5.41) is 13.0. The third kappa shape index (κ3) is 3.97. The van der Waals surface area contributed by atoms with Gasteiger partial charge in [0.05, 0.1) is 5.56 Å². The largest absolute Gasteiger partial charge is 0.483 e. The number of thiophene rings is 1. The number of hydrogen-bond acceptors (Lipinski definition) is 4. The molecule has 0 saturated heterocycles. The second kappa shape index (κ2) is 8.20. The Kier molecular flexibility index (Phi) is 5.75. The maximum atomic E-state index is 12.3. The molecule has 1 aliphatic rings. The zero-order chi connectivity index (χ0) is 18.5. The summed E-state index contributed by atoms with van der Waals surface area (Å²) in [5.41, 5.74) is 2.73. The maximum absolute atomic E-state index is 12.3. The summed E-state index contributed by atoms with van der Waals surface area (Å²) in [5.74, 6) is 1.06. The molecule has 2 aromatic rings. The van der Waals surface area contributed by atoms with Crippen LogP contribution in [-0.2, 0) is 24.1 Å². The lowest BCUT2D eigenvalue weighted by molar-refractivity contribution is -0.118. The first-order chi connectivity index (χ1) is 12.6. The van der Waals surface area contributed by atoms with E-state index in [9.17, 15) is 10.1 Å². The number of nitriles is 1. The van der Waals surface area contributed by atoms with E-state index in [4.69, 9.17) is 4.74 Å². The second-order valence-electron chi connectivity index (χ2n) is 6.61. The molecule has 1 aliphatic carbocycles. The van der Waals surface area contributed by atoms with Crippen LogP contribution < -0.4 is 10.1 Å². The lowest BCUT2D eigenvalue weighted by Gasteiger charge is -2.17. The highest BCUT2D eigenvalue weighted by Gasteiger charge is 2.24. The van der Waals surface area contributed by atoms with Crippen molar-refractivity contribution in [3.63, 3.8) is 0 Å². The fourth-order valence-corrected chi connectivity index (χ4v) is 4.61. The highest BCUT2D eigenvalue weighted by atomic mass is 32.1. The number of nitrogens with one attached hydrogen (secondary N) is 1. The van der Waals surface area contributed by atoms with Crippen LogP contribution in [0.2, 0.25) is 0 Å². The van der Waals surface area contributed by atoms with Crippen LogP contribution >= 0.6 is 11.3 Å². The van der Waals surface area contributed by atoms with Crippen LogP contribution in [0.25, 0.3) is 0 Å². The van der Waals surface area contributed by atoms with Crippen molar-refractivity contribution in [3.8, 4) is 11.8 Å². The maximum Gasteiger partial charge on any atom is 0.262 e. The summed E-state index contributed by atoms with van der Waals surface area (Å²) in [6.45, 7) is 5.88. The molecule has 1 aromatic carbocycles. The Morgan fingerprint density at radius 3 is 3.08 bits per heavy atom. The molecule has 0 fully saturated rings. The van der Waals surface area contributed by atoms with Crippen molar-refractivity contribution in [2.24, 2.45) is 5.92 Å². The average molecular weight is 366 g/mol. The van der Waals surface area contributed by atoms with Crippen molar-refractivity contribution in [3.05, 3.63) is 58.5 Å². The van der Waals surface area contributed by atoms with Crippen LogP contribution in [0.3, 0.4) is 0 Å². The van der Waals surface area contributed by atoms with Crippen LogP contribution in [0.15, 0.2) is 36.9 Å². The molecule has 0 spiro atoms. The topological polar surface area (TPSA) is 62.1 Å². The monoisotopic (exact) mass is 366 g/mol. The molecule has 1 amide bonds. The Balaban J connectivity index is 1.68. The normalized spacial score (nSPS) is 15.6. The number of amides is 1. The second-order valence-corrected chi connectivity index (χ2v) is 7.71. The van der Waals surface area contributed by atoms with E-state index in [1.54, 1.807) is 6.08 Å². The van der Waals surface area contributed by atoms with Crippen molar-refractivity contribution in [1.82, 2.24) is 0 Å². The van der Waals surface area contributed by atoms with Gasteiger partial charge in [0.15, 0.2) is 6.61 Å². The first-order valence-electron chi connectivity index (χ1n) is 8.78. The van der Waals surface area contributed by atoms with Gasteiger partial charge in [0.25, 0.3) is 5.91 Å². The van der Waals surface area contributed by atoms with Gasteiger partial charge in [-0.1, -0.05) is 31.2 Å². The van der Waals surface area contributed by atoms with Crippen molar-refractivity contribution >= 4 is 22.2 Å². The fourth-order valence-electron chi connectivity index (χ4n) is 3.23. The van der Waals surface area contributed by atoms with Crippen molar-refractivity contribution in [2.75, 3.05) is 11.9 Å². The molecule has 26 heavy (non-hydrogen) atoms. The third-order valence-corrected chi connectivity index (χ3v) is 5.74. The number of carbonyl (C=O) groups excluding carboxylic acids is 1.